The van der Waals surface area contributed by atoms with Gasteiger partial charge < -0.3 is 10.6 Å². The second-order valence-electron chi connectivity index (χ2n) is 6.13. The Balaban J connectivity index is 1.61. The van der Waals surface area contributed by atoms with Gasteiger partial charge in [0.15, 0.2) is 0 Å². The minimum Gasteiger partial charge on any atom is -0.398 e. The molecular formula is C16H23N3O. The highest BCUT2D eigenvalue weighted by molar-refractivity contribution is 5.99. The second-order valence-corrected chi connectivity index (χ2v) is 6.13. The number of hydrogen-bond acceptors (Lipinski definition) is 3. The number of nitrogen functional groups attached to an aromatic ring is 1. The summed E-state index contributed by atoms with van der Waals surface area (Å²) in [6, 6.07) is 5.67. The SMILES string of the molecule is Cc1ccc(N)c(C(=O)N2CCN(CC3CC3)CC2)c1. The lowest BCUT2D eigenvalue weighted by atomic mass is 10.1. The topological polar surface area (TPSA) is 49.6 Å². The van der Waals surface area contributed by atoms with Crippen LogP contribution in [0, 0.1) is 12.8 Å². The number of nitrogens with zero attached hydrogens (tertiary/aromatic N) is 2. The van der Waals surface area contributed by atoms with Crippen molar-refractivity contribution in [2.75, 3.05) is 38.5 Å². The van der Waals surface area contributed by atoms with E-state index in [1.807, 2.05) is 30.0 Å². The Bertz CT molecular complexity index is 502. The van der Waals surface area contributed by atoms with Gasteiger partial charge in [-0.2, -0.15) is 0 Å². The number of carbonyl (C=O) groups is 1. The highest BCUT2D eigenvalue weighted by atomic mass is 16.2. The third kappa shape index (κ3) is 2.96. The van der Waals surface area contributed by atoms with Gasteiger partial charge in [-0.05, 0) is 37.8 Å². The molecule has 0 radical (unpaired) electrons. The number of nitrogens with two attached hydrogens (primary N) is 1. The van der Waals surface area contributed by atoms with Crippen molar-refractivity contribution in [2.24, 2.45) is 5.92 Å². The van der Waals surface area contributed by atoms with Gasteiger partial charge in [0.2, 0.25) is 0 Å². The lowest BCUT2D eigenvalue weighted by Crippen LogP contribution is -2.49. The summed E-state index contributed by atoms with van der Waals surface area (Å²) in [4.78, 5) is 17.0. The zero-order valence-corrected chi connectivity index (χ0v) is 12.1. The fourth-order valence-electron chi connectivity index (χ4n) is 2.82. The van der Waals surface area contributed by atoms with Crippen LogP contribution in [0.5, 0.6) is 0 Å². The van der Waals surface area contributed by atoms with Crippen LogP contribution in [0.3, 0.4) is 0 Å². The summed E-state index contributed by atoms with van der Waals surface area (Å²) in [5.41, 5.74) is 8.26. The Kier molecular flexibility index (Phi) is 3.66. The summed E-state index contributed by atoms with van der Waals surface area (Å²) in [6.07, 6.45) is 2.78. The molecule has 0 aromatic heterocycles. The molecule has 3 rings (SSSR count). The van der Waals surface area contributed by atoms with Gasteiger partial charge in [-0.1, -0.05) is 11.6 Å². The van der Waals surface area contributed by atoms with Crippen LogP contribution in [0.2, 0.25) is 0 Å². The molecule has 0 spiro atoms. The maximum Gasteiger partial charge on any atom is 0.256 e. The molecule has 0 atom stereocenters. The van der Waals surface area contributed by atoms with E-state index in [1.165, 1.54) is 19.4 Å². The summed E-state index contributed by atoms with van der Waals surface area (Å²) in [6.45, 7) is 6.83. The van der Waals surface area contributed by atoms with Gasteiger partial charge in [0, 0.05) is 38.4 Å². The number of hydrogen-bond donors (Lipinski definition) is 1. The normalized spacial score (nSPS) is 20.1. The van der Waals surface area contributed by atoms with Crippen molar-refractivity contribution in [2.45, 2.75) is 19.8 Å². The number of anilines is 1. The van der Waals surface area contributed by atoms with Crippen LogP contribution in [0.1, 0.15) is 28.8 Å². The molecule has 108 valence electrons. The molecule has 1 aromatic carbocycles. The third-order valence-electron chi connectivity index (χ3n) is 4.31. The number of piperazine rings is 1. The van der Waals surface area contributed by atoms with Crippen molar-refractivity contribution in [3.63, 3.8) is 0 Å². The van der Waals surface area contributed by atoms with Crippen LogP contribution in [0.15, 0.2) is 18.2 Å². The van der Waals surface area contributed by atoms with Crippen LogP contribution in [0.25, 0.3) is 0 Å². The van der Waals surface area contributed by atoms with E-state index in [-0.39, 0.29) is 5.91 Å². The molecule has 2 N–H and O–H groups in total. The van der Waals surface area contributed by atoms with E-state index in [0.717, 1.165) is 37.7 Å². The zero-order valence-electron chi connectivity index (χ0n) is 12.1. The van der Waals surface area contributed by atoms with Crippen molar-refractivity contribution in [3.8, 4) is 0 Å². The molecule has 1 heterocycles. The quantitative estimate of drug-likeness (QED) is 0.854. The number of carbonyl (C=O) groups excluding carboxylic acids is 1. The fraction of sp³-hybridized carbons (Fsp3) is 0.562. The average Bonchev–Trinajstić information content (AvgIpc) is 3.26. The van der Waals surface area contributed by atoms with Gasteiger partial charge in [0.05, 0.1) is 5.56 Å². The Morgan fingerprint density at radius 2 is 1.95 bits per heavy atom. The first-order valence-corrected chi connectivity index (χ1v) is 7.51. The fourth-order valence-corrected chi connectivity index (χ4v) is 2.82. The standard InChI is InChI=1S/C16H23N3O/c1-12-2-5-15(17)14(10-12)16(20)19-8-6-18(7-9-19)11-13-3-4-13/h2,5,10,13H,3-4,6-9,11,17H2,1H3. The highest BCUT2D eigenvalue weighted by Crippen LogP contribution is 2.30. The average molecular weight is 273 g/mol. The maximum atomic E-state index is 12.5. The second kappa shape index (κ2) is 5.44. The smallest absolute Gasteiger partial charge is 0.256 e. The lowest BCUT2D eigenvalue weighted by molar-refractivity contribution is 0.0633. The summed E-state index contributed by atoms with van der Waals surface area (Å²) >= 11 is 0. The van der Waals surface area contributed by atoms with Crippen molar-refractivity contribution in [3.05, 3.63) is 29.3 Å². The van der Waals surface area contributed by atoms with Crippen LogP contribution in [0.4, 0.5) is 5.69 Å². The molecule has 1 aliphatic carbocycles. The molecule has 2 aliphatic rings. The largest absolute Gasteiger partial charge is 0.398 e. The molecule has 20 heavy (non-hydrogen) atoms. The summed E-state index contributed by atoms with van der Waals surface area (Å²) in [5.74, 6) is 1.00. The number of rotatable bonds is 3. The van der Waals surface area contributed by atoms with Gasteiger partial charge in [-0.15, -0.1) is 0 Å². The molecular weight excluding hydrogens is 250 g/mol. The first-order chi connectivity index (χ1) is 9.63. The first-order valence-electron chi connectivity index (χ1n) is 7.51. The third-order valence-corrected chi connectivity index (χ3v) is 4.31. The molecule has 1 saturated carbocycles. The van der Waals surface area contributed by atoms with E-state index in [0.29, 0.717) is 11.3 Å². The van der Waals surface area contributed by atoms with E-state index in [4.69, 9.17) is 5.73 Å². The monoisotopic (exact) mass is 273 g/mol. The van der Waals surface area contributed by atoms with E-state index in [2.05, 4.69) is 4.90 Å². The molecule has 1 amide bonds. The van der Waals surface area contributed by atoms with E-state index in [9.17, 15) is 4.79 Å². The van der Waals surface area contributed by atoms with Gasteiger partial charge in [-0.25, -0.2) is 0 Å². The molecule has 1 saturated heterocycles. The Morgan fingerprint density at radius 3 is 2.60 bits per heavy atom. The predicted octanol–water partition coefficient (Wildman–Crippen LogP) is 1.75. The minimum absolute atomic E-state index is 0.0808. The number of benzene rings is 1. The van der Waals surface area contributed by atoms with Gasteiger partial charge in [-0.3, -0.25) is 9.69 Å². The van der Waals surface area contributed by atoms with E-state index >= 15 is 0 Å². The van der Waals surface area contributed by atoms with Gasteiger partial charge >= 0.3 is 0 Å². The van der Waals surface area contributed by atoms with Crippen LogP contribution >= 0.6 is 0 Å². The minimum atomic E-state index is 0.0808. The Hall–Kier alpha value is -1.55. The predicted molar refractivity (Wildman–Crippen MR) is 80.7 cm³/mol. The molecule has 0 bridgehead atoms. The Morgan fingerprint density at radius 1 is 1.25 bits per heavy atom. The van der Waals surface area contributed by atoms with Gasteiger partial charge in [0.25, 0.3) is 5.91 Å². The number of aryl methyl sites for hydroxylation is 1. The van der Waals surface area contributed by atoms with Crippen LogP contribution < -0.4 is 5.73 Å². The summed E-state index contributed by atoms with van der Waals surface area (Å²) < 4.78 is 0. The molecule has 4 nitrogen and oxygen atoms in total. The molecule has 2 fully saturated rings. The van der Waals surface area contributed by atoms with E-state index in [1.54, 1.807) is 0 Å². The molecule has 0 unspecified atom stereocenters. The molecule has 4 heteroatoms. The zero-order chi connectivity index (χ0) is 14.1. The highest BCUT2D eigenvalue weighted by Gasteiger charge is 2.28. The molecule has 1 aromatic rings. The number of amides is 1. The maximum absolute atomic E-state index is 12.5. The first kappa shape index (κ1) is 13.4. The molecule has 1 aliphatic heterocycles. The van der Waals surface area contributed by atoms with Crippen molar-refractivity contribution < 1.29 is 4.79 Å². The van der Waals surface area contributed by atoms with Crippen molar-refractivity contribution in [1.29, 1.82) is 0 Å². The van der Waals surface area contributed by atoms with Crippen LogP contribution in [-0.4, -0.2) is 48.4 Å². The summed E-state index contributed by atoms with van der Waals surface area (Å²) in [5, 5.41) is 0. The van der Waals surface area contributed by atoms with Gasteiger partial charge in [0.1, 0.15) is 0 Å². The van der Waals surface area contributed by atoms with Crippen molar-refractivity contribution >= 4 is 11.6 Å². The van der Waals surface area contributed by atoms with E-state index < -0.39 is 0 Å². The van der Waals surface area contributed by atoms with Crippen LogP contribution in [-0.2, 0) is 0 Å². The Labute approximate surface area is 120 Å². The lowest BCUT2D eigenvalue weighted by Gasteiger charge is -2.35. The summed E-state index contributed by atoms with van der Waals surface area (Å²) in [7, 11) is 0. The van der Waals surface area contributed by atoms with Crippen molar-refractivity contribution in [1.82, 2.24) is 9.80 Å².